The maximum atomic E-state index is 11.6. The van der Waals surface area contributed by atoms with E-state index in [1.807, 2.05) is 24.3 Å². The fraction of sp³-hybridized carbons (Fsp3) is 0.250. The van der Waals surface area contributed by atoms with Crippen LogP contribution in [0.2, 0.25) is 0 Å². The van der Waals surface area contributed by atoms with E-state index in [2.05, 4.69) is 153 Å². The number of phenolic OH excluding ortho intramolecular Hbond substituents is 1. The van der Waals surface area contributed by atoms with Crippen LogP contribution < -0.4 is 0 Å². The molecular formula is C48H48N2O2. The Balaban J connectivity index is 1.41. The van der Waals surface area contributed by atoms with E-state index < -0.39 is 0 Å². The van der Waals surface area contributed by atoms with Crippen molar-refractivity contribution in [3.05, 3.63) is 138 Å². The lowest BCUT2D eigenvalue weighted by Crippen LogP contribution is -2.17. The van der Waals surface area contributed by atoms with E-state index in [4.69, 9.17) is 14.4 Å². The molecule has 4 nitrogen and oxygen atoms in total. The van der Waals surface area contributed by atoms with Crippen LogP contribution in [-0.4, -0.2) is 16.3 Å². The summed E-state index contributed by atoms with van der Waals surface area (Å²) in [5.74, 6) is 0.759. The molecule has 1 heterocycles. The van der Waals surface area contributed by atoms with Crippen molar-refractivity contribution in [1.29, 1.82) is 0 Å². The molecule has 7 rings (SSSR count). The van der Waals surface area contributed by atoms with Gasteiger partial charge in [-0.3, -0.25) is 4.99 Å². The van der Waals surface area contributed by atoms with Gasteiger partial charge in [0.15, 0.2) is 5.58 Å². The number of aliphatic imine (C=N–C) groups is 1. The molecule has 0 aliphatic carbocycles. The zero-order valence-electron chi connectivity index (χ0n) is 31.8. The molecule has 0 unspecified atom stereocenters. The van der Waals surface area contributed by atoms with Crippen molar-refractivity contribution in [3.63, 3.8) is 0 Å². The maximum absolute atomic E-state index is 11.6. The van der Waals surface area contributed by atoms with Crippen molar-refractivity contribution < 1.29 is 9.52 Å². The summed E-state index contributed by atoms with van der Waals surface area (Å²) in [6.07, 6.45) is 1.80. The highest BCUT2D eigenvalue weighted by Gasteiger charge is 2.26. The van der Waals surface area contributed by atoms with Crippen molar-refractivity contribution in [2.75, 3.05) is 0 Å². The predicted molar refractivity (Wildman–Crippen MR) is 219 cm³/mol. The van der Waals surface area contributed by atoms with E-state index in [9.17, 15) is 5.11 Å². The van der Waals surface area contributed by atoms with Crippen molar-refractivity contribution in [1.82, 2.24) is 4.98 Å². The van der Waals surface area contributed by atoms with Crippen LogP contribution in [0.15, 0.2) is 125 Å². The Morgan fingerprint density at radius 2 is 1.21 bits per heavy atom. The molecule has 0 bridgehead atoms. The van der Waals surface area contributed by atoms with Crippen LogP contribution in [0.1, 0.15) is 84.6 Å². The van der Waals surface area contributed by atoms with Crippen LogP contribution in [0.5, 0.6) is 5.75 Å². The minimum absolute atomic E-state index is 0.103. The fourth-order valence-corrected chi connectivity index (χ4v) is 6.73. The highest BCUT2D eigenvalue weighted by molar-refractivity contribution is 6.03. The van der Waals surface area contributed by atoms with Crippen molar-refractivity contribution in [2.24, 2.45) is 4.99 Å². The zero-order valence-corrected chi connectivity index (χ0v) is 31.8. The fourth-order valence-electron chi connectivity index (χ4n) is 6.73. The molecule has 0 radical (unpaired) electrons. The van der Waals surface area contributed by atoms with Gasteiger partial charge in [-0.1, -0.05) is 153 Å². The second-order valence-corrected chi connectivity index (χ2v) is 17.0. The number of aromatic hydroxyl groups is 1. The number of oxazole rings is 1. The van der Waals surface area contributed by atoms with Gasteiger partial charge in [0.2, 0.25) is 5.89 Å². The maximum Gasteiger partial charge on any atom is 0.229 e. The van der Waals surface area contributed by atoms with Gasteiger partial charge in [0, 0.05) is 28.3 Å². The molecule has 1 N–H and O–H groups in total. The molecule has 0 fully saturated rings. The van der Waals surface area contributed by atoms with Crippen molar-refractivity contribution >= 4 is 33.8 Å². The van der Waals surface area contributed by atoms with Crippen LogP contribution in [0, 0.1) is 0 Å². The third-order valence-corrected chi connectivity index (χ3v) is 9.94. The first-order valence-corrected chi connectivity index (χ1v) is 18.1. The molecule has 1 aromatic heterocycles. The third kappa shape index (κ3) is 6.78. The molecule has 0 saturated heterocycles. The smallest absolute Gasteiger partial charge is 0.229 e. The Hall–Kier alpha value is -5.48. The van der Waals surface area contributed by atoms with Gasteiger partial charge in [0.1, 0.15) is 11.3 Å². The monoisotopic (exact) mass is 684 g/mol. The zero-order chi connectivity index (χ0) is 37.0. The molecule has 0 spiro atoms. The topological polar surface area (TPSA) is 58.6 Å². The van der Waals surface area contributed by atoms with Gasteiger partial charge in [-0.25, -0.2) is 4.98 Å². The third-order valence-electron chi connectivity index (χ3n) is 9.94. The van der Waals surface area contributed by atoms with Gasteiger partial charge in [0.25, 0.3) is 0 Å². The van der Waals surface area contributed by atoms with E-state index in [0.29, 0.717) is 11.5 Å². The number of hydrogen-bond donors (Lipinski definition) is 1. The van der Waals surface area contributed by atoms with Crippen LogP contribution >= 0.6 is 0 Å². The lowest BCUT2D eigenvalue weighted by Gasteiger charge is -2.27. The minimum Gasteiger partial charge on any atom is -0.507 e. The number of aromatic nitrogens is 1. The van der Waals surface area contributed by atoms with E-state index >= 15 is 0 Å². The molecule has 0 atom stereocenters. The summed E-state index contributed by atoms with van der Waals surface area (Å²) in [6, 6.07) is 40.1. The number of nitrogens with zero attached hydrogens (tertiary/aromatic N) is 2. The Morgan fingerprint density at radius 3 is 1.88 bits per heavy atom. The van der Waals surface area contributed by atoms with Crippen LogP contribution in [0.25, 0.3) is 55.6 Å². The van der Waals surface area contributed by atoms with Gasteiger partial charge >= 0.3 is 0 Å². The Morgan fingerprint density at radius 1 is 0.596 bits per heavy atom. The average Bonchev–Trinajstić information content (AvgIpc) is 3.54. The van der Waals surface area contributed by atoms with Crippen molar-refractivity contribution in [3.8, 4) is 39.5 Å². The summed E-state index contributed by atoms with van der Waals surface area (Å²) >= 11 is 0. The van der Waals surface area contributed by atoms with E-state index in [1.165, 1.54) is 16.7 Å². The molecule has 4 heteroatoms. The van der Waals surface area contributed by atoms with E-state index in [-0.39, 0.29) is 22.0 Å². The van der Waals surface area contributed by atoms with Crippen LogP contribution in [0.3, 0.4) is 0 Å². The second-order valence-electron chi connectivity index (χ2n) is 17.0. The molecule has 0 aliphatic heterocycles. The summed E-state index contributed by atoms with van der Waals surface area (Å²) in [7, 11) is 0. The largest absolute Gasteiger partial charge is 0.507 e. The first-order chi connectivity index (χ1) is 24.6. The first-order valence-electron chi connectivity index (χ1n) is 18.1. The minimum atomic E-state index is -0.248. The Labute approximate surface area is 307 Å². The number of benzene rings is 6. The van der Waals surface area contributed by atoms with Crippen LogP contribution in [0.4, 0.5) is 5.69 Å². The van der Waals surface area contributed by atoms with Crippen molar-refractivity contribution in [2.45, 2.75) is 78.6 Å². The van der Waals surface area contributed by atoms with E-state index in [1.54, 1.807) is 6.21 Å². The van der Waals surface area contributed by atoms with Gasteiger partial charge in [0.05, 0.1) is 11.3 Å². The van der Waals surface area contributed by atoms with E-state index in [0.717, 1.165) is 55.4 Å². The highest BCUT2D eigenvalue weighted by atomic mass is 16.3. The average molecular weight is 685 g/mol. The molecule has 0 saturated carbocycles. The lowest BCUT2D eigenvalue weighted by atomic mass is 9.79. The first kappa shape index (κ1) is 34.9. The van der Waals surface area contributed by atoms with Crippen LogP contribution in [-0.2, 0) is 16.2 Å². The SMILES string of the molecule is CC(C)(C)c1cc(C=Nc2c(-c3nc4c(-c5ccc(-c6ccccc6)cc5)cc(C(C)(C)C)cc4o3)ccc3ccccc23)c(O)c(C(C)(C)C)c1. The number of hydrogen-bond acceptors (Lipinski definition) is 4. The van der Waals surface area contributed by atoms with Gasteiger partial charge in [-0.15, -0.1) is 0 Å². The Bertz CT molecular complexity index is 2450. The molecular weight excluding hydrogens is 637 g/mol. The number of rotatable bonds is 5. The molecule has 0 aliphatic rings. The molecule has 0 amide bonds. The standard InChI is InChI=1S/C48H48N2O2/c1-46(2,3)35-25-34(44(51)40(27-35)48(7,8)9)29-49-42-37-18-14-13-17-32(37)23-24-38(42)45-50-43-39(26-36(47(4,5)6)28-41(43)52-45)33-21-19-31(20-22-33)30-15-11-10-12-16-30/h10-29,51H,1-9H3. The summed E-state index contributed by atoms with van der Waals surface area (Å²) in [5, 5.41) is 13.6. The van der Waals surface area contributed by atoms with Gasteiger partial charge < -0.3 is 9.52 Å². The van der Waals surface area contributed by atoms with Gasteiger partial charge in [-0.2, -0.15) is 0 Å². The normalized spacial score (nSPS) is 12.7. The summed E-state index contributed by atoms with van der Waals surface area (Å²) in [5.41, 5.74) is 11.0. The lowest BCUT2D eigenvalue weighted by molar-refractivity contribution is 0.444. The quantitative estimate of drug-likeness (QED) is 0.184. The summed E-state index contributed by atoms with van der Waals surface area (Å²) < 4.78 is 6.70. The molecule has 6 aromatic carbocycles. The second kappa shape index (κ2) is 12.9. The highest BCUT2D eigenvalue weighted by Crippen LogP contribution is 2.42. The Kier molecular flexibility index (Phi) is 8.69. The molecule has 7 aromatic rings. The predicted octanol–water partition coefficient (Wildman–Crippen LogP) is 13.3. The molecule has 262 valence electrons. The summed E-state index contributed by atoms with van der Waals surface area (Å²) in [6.45, 7) is 19.6. The van der Waals surface area contributed by atoms with Gasteiger partial charge in [-0.05, 0) is 73.7 Å². The number of phenols is 1. The number of fused-ring (bicyclic) bond motifs is 2. The molecule has 52 heavy (non-hydrogen) atoms. The summed E-state index contributed by atoms with van der Waals surface area (Å²) in [4.78, 5) is 10.4.